The predicted octanol–water partition coefficient (Wildman–Crippen LogP) is 4.49. The van der Waals surface area contributed by atoms with Crippen molar-refractivity contribution in [2.75, 3.05) is 0 Å². The average Bonchev–Trinajstić information content (AvgIpc) is 3.35. The molecule has 168 valence electrons. The number of fused-ring (bicyclic) bond motifs is 1. The molecule has 0 saturated carbocycles. The summed E-state index contributed by atoms with van der Waals surface area (Å²) in [7, 11) is 0. The maximum Gasteiger partial charge on any atom is 0.198 e. The molecule has 9 heteroatoms. The fraction of sp³-hybridized carbons (Fsp3) is 0.391. The fourth-order valence-electron chi connectivity index (χ4n) is 5.01. The van der Waals surface area contributed by atoms with Gasteiger partial charge < -0.3 is 15.0 Å². The number of hydrogen-bond donors (Lipinski definition) is 3. The van der Waals surface area contributed by atoms with Crippen molar-refractivity contribution in [1.29, 1.82) is 0 Å². The van der Waals surface area contributed by atoms with Crippen LogP contribution in [0.5, 0.6) is 5.75 Å². The molecule has 0 atom stereocenters. The summed E-state index contributed by atoms with van der Waals surface area (Å²) in [4.78, 5) is 13.9. The van der Waals surface area contributed by atoms with Crippen LogP contribution in [-0.2, 0) is 0 Å². The molecule has 1 fully saturated rings. The Bertz CT molecular complexity index is 1230. The number of aromatic nitrogens is 6. The van der Waals surface area contributed by atoms with E-state index in [0.717, 1.165) is 29.6 Å². The molecule has 8 nitrogen and oxygen atoms in total. The van der Waals surface area contributed by atoms with E-state index < -0.39 is 0 Å². The smallest absolute Gasteiger partial charge is 0.198 e. The first-order valence-corrected chi connectivity index (χ1v) is 10.5. The summed E-state index contributed by atoms with van der Waals surface area (Å²) in [6.45, 7) is 8.94. The molecule has 1 aliphatic rings. The van der Waals surface area contributed by atoms with Gasteiger partial charge in [0.2, 0.25) is 0 Å². The first-order valence-electron chi connectivity index (χ1n) is 10.5. The quantitative estimate of drug-likeness (QED) is 0.422. The number of benzene rings is 1. The van der Waals surface area contributed by atoms with E-state index in [1.54, 1.807) is 24.7 Å². The van der Waals surface area contributed by atoms with Crippen LogP contribution >= 0.6 is 12.4 Å². The number of nitrogens with zero attached hydrogens (tertiary/aromatic N) is 5. The maximum atomic E-state index is 10.6. The van der Waals surface area contributed by atoms with Gasteiger partial charge in [-0.3, -0.25) is 5.10 Å². The van der Waals surface area contributed by atoms with Gasteiger partial charge >= 0.3 is 0 Å². The van der Waals surface area contributed by atoms with Gasteiger partial charge in [-0.1, -0.05) is 6.07 Å². The fourth-order valence-corrected chi connectivity index (χ4v) is 5.01. The Labute approximate surface area is 192 Å². The zero-order valence-corrected chi connectivity index (χ0v) is 19.4. The summed E-state index contributed by atoms with van der Waals surface area (Å²) in [5, 5.41) is 21.1. The van der Waals surface area contributed by atoms with Gasteiger partial charge in [0.05, 0.1) is 24.4 Å². The van der Waals surface area contributed by atoms with Crippen molar-refractivity contribution in [3.63, 3.8) is 0 Å². The van der Waals surface area contributed by atoms with Crippen molar-refractivity contribution >= 4 is 23.7 Å². The number of nitrogens with one attached hydrogen (secondary N) is 2. The van der Waals surface area contributed by atoms with Gasteiger partial charge in [-0.2, -0.15) is 5.10 Å². The summed E-state index contributed by atoms with van der Waals surface area (Å²) in [6, 6.07) is 5.79. The molecular weight excluding hydrogens is 426 g/mol. The van der Waals surface area contributed by atoms with Crippen LogP contribution in [-0.4, -0.2) is 45.9 Å². The molecule has 1 aromatic carbocycles. The van der Waals surface area contributed by atoms with Crippen LogP contribution in [0.1, 0.15) is 46.6 Å². The molecule has 0 bridgehead atoms. The van der Waals surface area contributed by atoms with Crippen molar-refractivity contribution in [3.05, 3.63) is 43.1 Å². The summed E-state index contributed by atoms with van der Waals surface area (Å²) in [5.41, 5.74) is 4.43. The topological polar surface area (TPSA) is 105 Å². The number of aromatic amines is 1. The molecule has 0 aliphatic carbocycles. The van der Waals surface area contributed by atoms with Crippen molar-refractivity contribution in [3.8, 4) is 28.1 Å². The molecule has 0 amide bonds. The van der Waals surface area contributed by atoms with E-state index in [9.17, 15) is 5.11 Å². The first kappa shape index (κ1) is 22.2. The van der Waals surface area contributed by atoms with Crippen LogP contribution in [0, 0.1) is 0 Å². The van der Waals surface area contributed by atoms with Crippen LogP contribution in [0.2, 0.25) is 0 Å². The second-order valence-electron chi connectivity index (χ2n) is 9.73. The van der Waals surface area contributed by atoms with Crippen LogP contribution in [0.25, 0.3) is 33.7 Å². The molecule has 5 rings (SSSR count). The van der Waals surface area contributed by atoms with E-state index in [1.165, 1.54) is 0 Å². The lowest BCUT2D eigenvalue weighted by Gasteiger charge is -2.46. The summed E-state index contributed by atoms with van der Waals surface area (Å²) >= 11 is 0. The third-order valence-corrected chi connectivity index (χ3v) is 5.95. The van der Waals surface area contributed by atoms with E-state index in [1.807, 2.05) is 18.5 Å². The van der Waals surface area contributed by atoms with Gasteiger partial charge in [-0.05, 0) is 58.2 Å². The number of phenolic OH excluding ortho intramolecular Hbond substituents is 1. The van der Waals surface area contributed by atoms with Crippen LogP contribution in [0.3, 0.4) is 0 Å². The van der Waals surface area contributed by atoms with Crippen LogP contribution < -0.4 is 5.32 Å². The van der Waals surface area contributed by atoms with E-state index >= 15 is 0 Å². The van der Waals surface area contributed by atoms with E-state index in [-0.39, 0.29) is 29.2 Å². The highest BCUT2D eigenvalue weighted by Crippen LogP contribution is 2.37. The Hall–Kier alpha value is -2.97. The van der Waals surface area contributed by atoms with Crippen molar-refractivity contribution < 1.29 is 5.11 Å². The van der Waals surface area contributed by atoms with E-state index in [4.69, 9.17) is 9.97 Å². The molecule has 1 aliphatic heterocycles. The molecular formula is C23H28ClN7O. The molecule has 0 radical (unpaired) electrons. The van der Waals surface area contributed by atoms with Crippen molar-refractivity contribution in [1.82, 2.24) is 35.0 Å². The SMILES string of the molecule is CC1(C)CC(n2cnc3nc(-c4ccc(-c5cn[nH]c5)cc4O)cnc32)CC(C)(C)N1.Cl. The highest BCUT2D eigenvalue weighted by molar-refractivity contribution is 5.85. The summed E-state index contributed by atoms with van der Waals surface area (Å²) < 4.78 is 2.15. The standard InChI is InChI=1S/C23H27N7O.ClH/c1-22(2)8-16(9-23(3,4)29-22)30-13-25-20-21(30)24-12-18(28-20)17-6-5-14(7-19(17)31)15-10-26-27-11-15;/h5-7,10-13,16,29,31H,8-9H2,1-4H3,(H,26,27);1H. The lowest BCUT2D eigenvalue weighted by atomic mass is 9.79. The zero-order chi connectivity index (χ0) is 21.8. The summed E-state index contributed by atoms with van der Waals surface area (Å²) in [6.07, 6.45) is 9.04. The van der Waals surface area contributed by atoms with Crippen LogP contribution in [0.15, 0.2) is 43.1 Å². The van der Waals surface area contributed by atoms with Crippen molar-refractivity contribution in [2.24, 2.45) is 0 Å². The van der Waals surface area contributed by atoms with Gasteiger partial charge in [-0.25, -0.2) is 15.0 Å². The monoisotopic (exact) mass is 453 g/mol. The van der Waals surface area contributed by atoms with Crippen molar-refractivity contribution in [2.45, 2.75) is 57.7 Å². The zero-order valence-electron chi connectivity index (χ0n) is 18.6. The highest BCUT2D eigenvalue weighted by Gasteiger charge is 2.39. The molecule has 4 aromatic rings. The first-order chi connectivity index (χ1) is 14.7. The van der Waals surface area contributed by atoms with E-state index in [2.05, 4.69) is 52.8 Å². The minimum absolute atomic E-state index is 0. The molecule has 0 unspecified atom stereocenters. The second kappa shape index (κ2) is 7.86. The Morgan fingerprint density at radius 2 is 1.78 bits per heavy atom. The number of imidazole rings is 1. The second-order valence-corrected chi connectivity index (χ2v) is 9.73. The lowest BCUT2D eigenvalue weighted by molar-refractivity contribution is 0.134. The van der Waals surface area contributed by atoms with Crippen LogP contribution in [0.4, 0.5) is 0 Å². The number of aromatic hydroxyl groups is 1. The summed E-state index contributed by atoms with van der Waals surface area (Å²) in [5.74, 6) is 0.147. The molecule has 32 heavy (non-hydrogen) atoms. The number of phenols is 1. The largest absolute Gasteiger partial charge is 0.507 e. The predicted molar refractivity (Wildman–Crippen MR) is 127 cm³/mol. The van der Waals surface area contributed by atoms with Gasteiger partial charge in [0, 0.05) is 34.4 Å². The molecule has 4 heterocycles. The van der Waals surface area contributed by atoms with Gasteiger partial charge in [0.25, 0.3) is 0 Å². The Balaban J connectivity index is 0.00000245. The van der Waals surface area contributed by atoms with E-state index in [0.29, 0.717) is 22.9 Å². The Morgan fingerprint density at radius 1 is 1.03 bits per heavy atom. The van der Waals surface area contributed by atoms with Gasteiger partial charge in [0.1, 0.15) is 5.75 Å². The molecule has 0 spiro atoms. The third kappa shape index (κ3) is 4.08. The number of hydrogen-bond acceptors (Lipinski definition) is 6. The Morgan fingerprint density at radius 3 is 2.44 bits per heavy atom. The molecule has 1 saturated heterocycles. The minimum atomic E-state index is 0. The number of H-pyrrole nitrogens is 1. The normalized spacial score (nSPS) is 17.9. The Kier molecular flexibility index (Phi) is 5.46. The minimum Gasteiger partial charge on any atom is -0.507 e. The third-order valence-electron chi connectivity index (χ3n) is 5.95. The molecule has 3 N–H and O–H groups in total. The number of halogens is 1. The van der Waals surface area contributed by atoms with Gasteiger partial charge in [-0.15, -0.1) is 12.4 Å². The van der Waals surface area contributed by atoms with Gasteiger partial charge in [0.15, 0.2) is 11.3 Å². The number of piperidine rings is 1. The average molecular weight is 454 g/mol. The molecule has 3 aromatic heterocycles. The lowest BCUT2D eigenvalue weighted by Crippen LogP contribution is -2.57. The number of rotatable bonds is 3. The maximum absolute atomic E-state index is 10.6. The highest BCUT2D eigenvalue weighted by atomic mass is 35.5.